The molecule has 1 N–H and O–H groups in total. The fourth-order valence-electron chi connectivity index (χ4n) is 3.66. The number of piperidine rings is 1. The molecule has 8 nitrogen and oxygen atoms in total. The number of esters is 1. The fraction of sp³-hybridized carbons (Fsp3) is 0.417. The molecule has 3 rings (SSSR count). The van der Waals surface area contributed by atoms with Crippen molar-refractivity contribution in [2.24, 2.45) is 5.92 Å². The van der Waals surface area contributed by atoms with Gasteiger partial charge in [0.2, 0.25) is 5.91 Å². The summed E-state index contributed by atoms with van der Waals surface area (Å²) in [4.78, 5) is 53.0. The van der Waals surface area contributed by atoms with Crippen molar-refractivity contribution >= 4 is 35.0 Å². The van der Waals surface area contributed by atoms with Crippen molar-refractivity contribution in [1.29, 1.82) is 0 Å². The van der Waals surface area contributed by atoms with Gasteiger partial charge in [0.1, 0.15) is 0 Å². The first kappa shape index (κ1) is 24.4. The number of nitrogens with one attached hydrogen (secondary N) is 1. The average molecular weight is 472 g/mol. The molecule has 0 bridgehead atoms. The van der Waals surface area contributed by atoms with Crippen LogP contribution in [0.15, 0.2) is 41.8 Å². The SMILES string of the molecule is CCOC(=O)C1CCN(C(=O)CN(C)C(=O)c2ccc(CNC(=O)c3cccs3)cc2)CC1. The number of carbonyl (C=O) groups is 4. The zero-order chi connectivity index (χ0) is 23.8. The van der Waals surface area contributed by atoms with Gasteiger partial charge in [0.25, 0.3) is 11.8 Å². The Kier molecular flexibility index (Phi) is 8.59. The summed E-state index contributed by atoms with van der Waals surface area (Å²) in [5, 5.41) is 4.70. The number of ether oxygens (including phenoxy) is 1. The minimum atomic E-state index is -0.251. The van der Waals surface area contributed by atoms with Crippen molar-refractivity contribution in [3.8, 4) is 0 Å². The highest BCUT2D eigenvalue weighted by atomic mass is 32.1. The van der Waals surface area contributed by atoms with Crippen LogP contribution in [0.4, 0.5) is 0 Å². The third-order valence-electron chi connectivity index (χ3n) is 5.59. The highest BCUT2D eigenvalue weighted by Crippen LogP contribution is 2.19. The molecule has 0 atom stereocenters. The monoisotopic (exact) mass is 471 g/mol. The quantitative estimate of drug-likeness (QED) is 0.597. The second-order valence-electron chi connectivity index (χ2n) is 7.93. The van der Waals surface area contributed by atoms with Crippen LogP contribution in [0, 0.1) is 5.92 Å². The Labute approximate surface area is 197 Å². The number of likely N-dealkylation sites (tertiary alicyclic amines) is 1. The zero-order valence-electron chi connectivity index (χ0n) is 18.9. The van der Waals surface area contributed by atoms with Crippen LogP contribution in [-0.2, 0) is 20.9 Å². The number of rotatable bonds is 8. The summed E-state index contributed by atoms with van der Waals surface area (Å²) in [5.74, 6) is -0.886. The Balaban J connectivity index is 1.46. The third kappa shape index (κ3) is 6.64. The molecule has 0 aliphatic carbocycles. The van der Waals surface area contributed by atoms with E-state index in [-0.39, 0.29) is 36.2 Å². The Morgan fingerprint density at radius 3 is 2.42 bits per heavy atom. The topological polar surface area (TPSA) is 96.0 Å². The number of hydrogen-bond acceptors (Lipinski definition) is 6. The molecule has 176 valence electrons. The molecule has 0 spiro atoms. The zero-order valence-corrected chi connectivity index (χ0v) is 19.7. The molecular formula is C24H29N3O5S. The highest BCUT2D eigenvalue weighted by Gasteiger charge is 2.29. The summed E-state index contributed by atoms with van der Waals surface area (Å²) >= 11 is 1.38. The van der Waals surface area contributed by atoms with Crippen molar-refractivity contribution in [3.05, 3.63) is 57.8 Å². The predicted octanol–water partition coefficient (Wildman–Crippen LogP) is 2.55. The number of carbonyl (C=O) groups excluding carboxylic acids is 4. The maximum absolute atomic E-state index is 12.7. The first-order valence-corrected chi connectivity index (χ1v) is 11.9. The molecule has 2 heterocycles. The highest BCUT2D eigenvalue weighted by molar-refractivity contribution is 7.12. The van der Waals surface area contributed by atoms with E-state index in [2.05, 4.69) is 5.32 Å². The Bertz CT molecular complexity index is 966. The summed E-state index contributed by atoms with van der Waals surface area (Å²) in [7, 11) is 1.60. The van der Waals surface area contributed by atoms with E-state index in [0.29, 0.717) is 49.5 Å². The van der Waals surface area contributed by atoms with Crippen LogP contribution in [0.5, 0.6) is 0 Å². The molecule has 0 radical (unpaired) electrons. The number of thiophene rings is 1. The van der Waals surface area contributed by atoms with Gasteiger partial charge in [0.15, 0.2) is 0 Å². The fourth-order valence-corrected chi connectivity index (χ4v) is 4.30. The Morgan fingerprint density at radius 2 is 1.82 bits per heavy atom. The van der Waals surface area contributed by atoms with E-state index >= 15 is 0 Å². The molecule has 1 fully saturated rings. The minimum Gasteiger partial charge on any atom is -0.466 e. The number of likely N-dealkylation sites (N-methyl/N-ethyl adjacent to an activating group) is 1. The predicted molar refractivity (Wildman–Crippen MR) is 125 cm³/mol. The summed E-state index contributed by atoms with van der Waals surface area (Å²) < 4.78 is 5.06. The van der Waals surface area contributed by atoms with Crippen LogP contribution in [0.1, 0.15) is 45.4 Å². The smallest absolute Gasteiger partial charge is 0.309 e. The molecule has 9 heteroatoms. The van der Waals surface area contributed by atoms with Gasteiger partial charge < -0.3 is 19.9 Å². The van der Waals surface area contributed by atoms with Crippen LogP contribution in [0.25, 0.3) is 0 Å². The third-order valence-corrected chi connectivity index (χ3v) is 6.45. The average Bonchev–Trinajstić information content (AvgIpc) is 3.38. The van der Waals surface area contributed by atoms with Crippen LogP contribution >= 0.6 is 11.3 Å². The standard InChI is InChI=1S/C24H29N3O5S/c1-3-32-24(31)19-10-12-27(13-11-19)21(28)16-26(2)23(30)18-8-6-17(7-9-18)15-25-22(29)20-5-4-14-33-20/h4-9,14,19H,3,10-13,15-16H2,1-2H3,(H,25,29). The second kappa shape index (κ2) is 11.6. The van der Waals surface area contributed by atoms with E-state index in [4.69, 9.17) is 4.74 Å². The van der Waals surface area contributed by atoms with Gasteiger partial charge in [0, 0.05) is 32.2 Å². The molecule has 1 aliphatic rings. The molecule has 1 aromatic heterocycles. The largest absolute Gasteiger partial charge is 0.466 e. The van der Waals surface area contributed by atoms with Crippen LogP contribution in [0.3, 0.4) is 0 Å². The first-order chi connectivity index (χ1) is 15.9. The van der Waals surface area contributed by atoms with Gasteiger partial charge in [-0.2, -0.15) is 0 Å². The van der Waals surface area contributed by atoms with E-state index in [1.165, 1.54) is 16.2 Å². The lowest BCUT2D eigenvalue weighted by Gasteiger charge is -2.32. The Morgan fingerprint density at radius 1 is 1.12 bits per heavy atom. The molecule has 1 aromatic carbocycles. The molecule has 3 amide bonds. The number of amides is 3. The number of benzene rings is 1. The van der Waals surface area contributed by atoms with Crippen molar-refractivity contribution < 1.29 is 23.9 Å². The lowest BCUT2D eigenvalue weighted by Crippen LogP contribution is -2.45. The molecule has 33 heavy (non-hydrogen) atoms. The van der Waals surface area contributed by atoms with Crippen molar-refractivity contribution in [1.82, 2.24) is 15.1 Å². The first-order valence-electron chi connectivity index (χ1n) is 11.0. The molecule has 0 unspecified atom stereocenters. The van der Waals surface area contributed by atoms with Crippen LogP contribution in [0.2, 0.25) is 0 Å². The van der Waals surface area contributed by atoms with E-state index < -0.39 is 0 Å². The summed E-state index contributed by atoms with van der Waals surface area (Å²) in [5.41, 5.74) is 1.35. The van der Waals surface area contributed by atoms with Gasteiger partial charge in [-0.15, -0.1) is 11.3 Å². The van der Waals surface area contributed by atoms with Gasteiger partial charge in [0.05, 0.1) is 23.9 Å². The van der Waals surface area contributed by atoms with E-state index in [1.54, 1.807) is 49.2 Å². The van der Waals surface area contributed by atoms with Crippen LogP contribution < -0.4 is 5.32 Å². The van der Waals surface area contributed by atoms with Crippen LogP contribution in [-0.4, -0.2) is 66.8 Å². The molecular weight excluding hydrogens is 442 g/mol. The lowest BCUT2D eigenvalue weighted by atomic mass is 9.97. The van der Waals surface area contributed by atoms with Gasteiger partial charge in [-0.05, 0) is 48.9 Å². The minimum absolute atomic E-state index is 0.0263. The Hall–Kier alpha value is -3.20. The van der Waals surface area contributed by atoms with E-state index in [1.807, 2.05) is 11.4 Å². The lowest BCUT2D eigenvalue weighted by molar-refractivity contribution is -0.151. The maximum atomic E-state index is 12.7. The van der Waals surface area contributed by atoms with Crippen molar-refractivity contribution in [2.75, 3.05) is 33.3 Å². The molecule has 1 aliphatic heterocycles. The van der Waals surface area contributed by atoms with Crippen molar-refractivity contribution in [2.45, 2.75) is 26.3 Å². The molecule has 0 saturated carbocycles. The maximum Gasteiger partial charge on any atom is 0.309 e. The van der Waals surface area contributed by atoms with Crippen molar-refractivity contribution in [3.63, 3.8) is 0 Å². The summed E-state index contributed by atoms with van der Waals surface area (Å²) in [6, 6.07) is 10.6. The van der Waals surface area contributed by atoms with E-state index in [0.717, 1.165) is 5.56 Å². The van der Waals surface area contributed by atoms with Gasteiger partial charge in [-0.25, -0.2) is 0 Å². The summed E-state index contributed by atoms with van der Waals surface area (Å²) in [6.07, 6.45) is 1.15. The van der Waals surface area contributed by atoms with E-state index in [9.17, 15) is 19.2 Å². The number of nitrogens with zero attached hydrogens (tertiary/aromatic N) is 2. The summed E-state index contributed by atoms with van der Waals surface area (Å²) in [6.45, 7) is 3.44. The van der Waals surface area contributed by atoms with Gasteiger partial charge >= 0.3 is 5.97 Å². The molecule has 1 saturated heterocycles. The molecule has 2 aromatic rings. The van der Waals surface area contributed by atoms with Gasteiger partial charge in [-0.3, -0.25) is 19.2 Å². The second-order valence-corrected chi connectivity index (χ2v) is 8.87. The normalized spacial score (nSPS) is 13.9. The van der Waals surface area contributed by atoms with Gasteiger partial charge in [-0.1, -0.05) is 18.2 Å². The number of hydrogen-bond donors (Lipinski definition) is 1.